The third-order valence-corrected chi connectivity index (χ3v) is 3.49. The molecule has 5 nitrogen and oxygen atoms in total. The van der Waals surface area contributed by atoms with Crippen LogP contribution in [-0.2, 0) is 9.53 Å². The number of methoxy groups -OCH3 is 1. The highest BCUT2D eigenvalue weighted by atomic mass is 16.5. The standard InChI is InChI=1S/C17H28N2O3/c1-7-10-22-15-9-8-14(13(4)18-15)19-16(20)17(5,21-6)11-12(2)3/h8-9,12H,7,10-11H2,1-6H3,(H,19,20). The van der Waals surface area contributed by atoms with E-state index in [0.717, 1.165) is 12.1 Å². The van der Waals surface area contributed by atoms with Gasteiger partial charge in [-0.2, -0.15) is 0 Å². The monoisotopic (exact) mass is 308 g/mol. The number of nitrogens with one attached hydrogen (secondary N) is 1. The smallest absolute Gasteiger partial charge is 0.256 e. The number of pyridine rings is 1. The Hall–Kier alpha value is -1.62. The highest BCUT2D eigenvalue weighted by molar-refractivity contribution is 5.97. The van der Waals surface area contributed by atoms with Gasteiger partial charge in [0.15, 0.2) is 0 Å². The average molecular weight is 308 g/mol. The molecule has 0 radical (unpaired) electrons. The minimum absolute atomic E-state index is 0.157. The lowest BCUT2D eigenvalue weighted by Crippen LogP contribution is -2.43. The van der Waals surface area contributed by atoms with E-state index >= 15 is 0 Å². The van der Waals surface area contributed by atoms with Gasteiger partial charge in [0.25, 0.3) is 5.91 Å². The lowest BCUT2D eigenvalue weighted by molar-refractivity contribution is -0.137. The number of rotatable bonds is 8. The van der Waals surface area contributed by atoms with Crippen molar-refractivity contribution in [1.29, 1.82) is 0 Å². The van der Waals surface area contributed by atoms with E-state index in [1.165, 1.54) is 0 Å². The van der Waals surface area contributed by atoms with E-state index in [0.29, 0.717) is 30.5 Å². The largest absolute Gasteiger partial charge is 0.478 e. The second-order valence-electron chi connectivity index (χ2n) is 6.12. The van der Waals surface area contributed by atoms with Gasteiger partial charge in [-0.1, -0.05) is 20.8 Å². The highest BCUT2D eigenvalue weighted by Crippen LogP contribution is 2.24. The number of amides is 1. The van der Waals surface area contributed by atoms with Crippen molar-refractivity contribution in [3.05, 3.63) is 17.8 Å². The third kappa shape index (κ3) is 4.98. The molecule has 5 heteroatoms. The van der Waals surface area contributed by atoms with Crippen LogP contribution >= 0.6 is 0 Å². The molecule has 0 fully saturated rings. The molecule has 1 aromatic rings. The van der Waals surface area contributed by atoms with Crippen molar-refractivity contribution in [2.75, 3.05) is 19.0 Å². The average Bonchev–Trinajstić information content (AvgIpc) is 2.46. The molecule has 124 valence electrons. The minimum Gasteiger partial charge on any atom is -0.478 e. The van der Waals surface area contributed by atoms with Crippen LogP contribution in [0.4, 0.5) is 5.69 Å². The van der Waals surface area contributed by atoms with Crippen LogP contribution in [0.5, 0.6) is 5.88 Å². The summed E-state index contributed by atoms with van der Waals surface area (Å²) in [7, 11) is 1.56. The number of hydrogen-bond acceptors (Lipinski definition) is 4. The molecule has 1 heterocycles. The summed E-state index contributed by atoms with van der Waals surface area (Å²) in [5.41, 5.74) is 0.559. The summed E-state index contributed by atoms with van der Waals surface area (Å²) in [6, 6.07) is 3.58. The molecule has 1 aromatic heterocycles. The topological polar surface area (TPSA) is 60.5 Å². The van der Waals surface area contributed by atoms with Crippen LogP contribution in [-0.4, -0.2) is 30.2 Å². The van der Waals surface area contributed by atoms with E-state index < -0.39 is 5.60 Å². The SMILES string of the molecule is CCCOc1ccc(NC(=O)C(C)(CC(C)C)OC)c(C)n1. The maximum absolute atomic E-state index is 12.5. The summed E-state index contributed by atoms with van der Waals surface area (Å²) in [4.78, 5) is 16.9. The number of anilines is 1. The zero-order valence-corrected chi connectivity index (χ0v) is 14.5. The van der Waals surface area contributed by atoms with E-state index in [1.54, 1.807) is 13.2 Å². The van der Waals surface area contributed by atoms with Gasteiger partial charge in [0.2, 0.25) is 5.88 Å². The van der Waals surface area contributed by atoms with Gasteiger partial charge in [-0.3, -0.25) is 4.79 Å². The molecule has 0 aliphatic rings. The fourth-order valence-corrected chi connectivity index (χ4v) is 2.26. The van der Waals surface area contributed by atoms with E-state index in [2.05, 4.69) is 24.1 Å². The van der Waals surface area contributed by atoms with Crippen molar-refractivity contribution in [3.63, 3.8) is 0 Å². The van der Waals surface area contributed by atoms with Crippen LogP contribution in [0.25, 0.3) is 0 Å². The molecule has 22 heavy (non-hydrogen) atoms. The molecule has 0 aliphatic heterocycles. The Morgan fingerprint density at radius 3 is 2.59 bits per heavy atom. The van der Waals surface area contributed by atoms with Crippen LogP contribution in [0.3, 0.4) is 0 Å². The van der Waals surface area contributed by atoms with Gasteiger partial charge in [0.05, 0.1) is 18.0 Å². The molecule has 0 spiro atoms. The molecule has 1 amide bonds. The first kappa shape index (κ1) is 18.4. The summed E-state index contributed by atoms with van der Waals surface area (Å²) >= 11 is 0. The summed E-state index contributed by atoms with van der Waals surface area (Å²) in [5.74, 6) is 0.782. The summed E-state index contributed by atoms with van der Waals surface area (Å²) in [6.45, 7) is 10.5. The van der Waals surface area contributed by atoms with E-state index in [9.17, 15) is 4.79 Å². The Morgan fingerprint density at radius 1 is 1.41 bits per heavy atom. The minimum atomic E-state index is -0.849. The maximum Gasteiger partial charge on any atom is 0.256 e. The van der Waals surface area contributed by atoms with Crippen LogP contribution in [0.1, 0.15) is 46.2 Å². The number of aryl methyl sites for hydroxylation is 1. The summed E-state index contributed by atoms with van der Waals surface area (Å²) in [5, 5.41) is 2.91. The lowest BCUT2D eigenvalue weighted by Gasteiger charge is -2.28. The number of nitrogens with zero attached hydrogens (tertiary/aromatic N) is 1. The molecule has 1 unspecified atom stereocenters. The summed E-state index contributed by atoms with van der Waals surface area (Å²) in [6.07, 6.45) is 1.58. The molecular formula is C17H28N2O3. The number of hydrogen-bond donors (Lipinski definition) is 1. The Labute approximate surface area is 133 Å². The zero-order valence-electron chi connectivity index (χ0n) is 14.5. The highest BCUT2D eigenvalue weighted by Gasteiger charge is 2.34. The number of aromatic nitrogens is 1. The van der Waals surface area contributed by atoms with Crippen molar-refractivity contribution in [3.8, 4) is 5.88 Å². The lowest BCUT2D eigenvalue weighted by atomic mass is 9.93. The maximum atomic E-state index is 12.5. The molecule has 1 atom stereocenters. The first-order chi connectivity index (χ1) is 10.3. The molecule has 1 N–H and O–H groups in total. The number of carbonyl (C=O) groups is 1. The molecule has 0 saturated heterocycles. The Balaban J connectivity index is 2.83. The second kappa shape index (κ2) is 8.13. The Kier molecular flexibility index (Phi) is 6.81. The predicted octanol–water partition coefficient (Wildman–Crippen LogP) is 3.57. The van der Waals surface area contributed by atoms with Crippen LogP contribution in [0.15, 0.2) is 12.1 Å². The summed E-state index contributed by atoms with van der Waals surface area (Å²) < 4.78 is 10.9. The molecule has 0 saturated carbocycles. The van der Waals surface area contributed by atoms with Gasteiger partial charge in [-0.25, -0.2) is 4.98 Å². The van der Waals surface area contributed by atoms with Gasteiger partial charge in [-0.15, -0.1) is 0 Å². The molecule has 0 aliphatic carbocycles. The first-order valence-corrected chi connectivity index (χ1v) is 7.79. The van der Waals surface area contributed by atoms with Crippen molar-refractivity contribution in [2.45, 2.75) is 53.1 Å². The fraction of sp³-hybridized carbons (Fsp3) is 0.647. The normalized spacial score (nSPS) is 13.8. The molecular weight excluding hydrogens is 280 g/mol. The number of ether oxygens (including phenoxy) is 2. The zero-order chi connectivity index (χ0) is 16.8. The van der Waals surface area contributed by atoms with Gasteiger partial charge in [0, 0.05) is 13.2 Å². The Morgan fingerprint density at radius 2 is 2.09 bits per heavy atom. The van der Waals surface area contributed by atoms with Crippen molar-refractivity contribution in [1.82, 2.24) is 4.98 Å². The molecule has 0 aromatic carbocycles. The van der Waals surface area contributed by atoms with E-state index in [4.69, 9.17) is 9.47 Å². The quantitative estimate of drug-likeness (QED) is 0.797. The van der Waals surface area contributed by atoms with Crippen LogP contribution < -0.4 is 10.1 Å². The van der Waals surface area contributed by atoms with Crippen LogP contribution in [0, 0.1) is 12.8 Å². The molecule has 1 rings (SSSR count). The first-order valence-electron chi connectivity index (χ1n) is 7.79. The second-order valence-corrected chi connectivity index (χ2v) is 6.12. The van der Waals surface area contributed by atoms with Gasteiger partial charge in [-0.05, 0) is 38.7 Å². The Bertz CT molecular complexity index is 503. The van der Waals surface area contributed by atoms with Gasteiger partial charge >= 0.3 is 0 Å². The molecule has 0 bridgehead atoms. The number of carbonyl (C=O) groups excluding carboxylic acids is 1. The predicted molar refractivity (Wildman–Crippen MR) is 88.3 cm³/mol. The van der Waals surface area contributed by atoms with Crippen molar-refractivity contribution in [2.24, 2.45) is 5.92 Å². The van der Waals surface area contributed by atoms with Gasteiger partial charge in [0.1, 0.15) is 5.60 Å². The van der Waals surface area contributed by atoms with Gasteiger partial charge < -0.3 is 14.8 Å². The van der Waals surface area contributed by atoms with Crippen molar-refractivity contribution < 1.29 is 14.3 Å². The van der Waals surface area contributed by atoms with Crippen LogP contribution in [0.2, 0.25) is 0 Å². The third-order valence-electron chi connectivity index (χ3n) is 3.49. The van der Waals surface area contributed by atoms with Crippen molar-refractivity contribution >= 4 is 11.6 Å². The van der Waals surface area contributed by atoms with E-state index in [1.807, 2.05) is 26.8 Å². The van der Waals surface area contributed by atoms with E-state index in [-0.39, 0.29) is 5.91 Å². The fourth-order valence-electron chi connectivity index (χ4n) is 2.26.